The molecule has 0 fully saturated rings. The molecular formula is C14H15N3. The molecule has 0 aliphatic carbocycles. The van der Waals surface area contributed by atoms with E-state index in [-0.39, 0.29) is 0 Å². The van der Waals surface area contributed by atoms with Crippen molar-refractivity contribution in [3.05, 3.63) is 60.1 Å². The smallest absolute Gasteiger partial charge is 0.133 e. The van der Waals surface area contributed by atoms with Crippen LogP contribution in [0.25, 0.3) is 6.08 Å². The Bertz CT molecular complexity index is 506. The lowest BCUT2D eigenvalue weighted by Gasteiger charge is -2.09. The maximum atomic E-state index is 4.23. The van der Waals surface area contributed by atoms with Gasteiger partial charge in [0.15, 0.2) is 0 Å². The standard InChI is InChI=1S/C14H15N3/c1-3-13-11(2)14(17-10-16-13)15-9-12-7-5-4-6-8-12/h3-8,10H,1,9H2,2H3,(H,15,16,17). The number of nitrogens with one attached hydrogen (secondary N) is 1. The Kier molecular flexibility index (Phi) is 3.50. The zero-order valence-corrected chi connectivity index (χ0v) is 9.85. The number of hydrogen-bond donors (Lipinski definition) is 1. The van der Waals surface area contributed by atoms with Crippen LogP contribution in [0, 0.1) is 6.92 Å². The van der Waals surface area contributed by atoms with Crippen LogP contribution in [0.4, 0.5) is 5.82 Å². The van der Waals surface area contributed by atoms with Crippen molar-refractivity contribution in [1.29, 1.82) is 0 Å². The molecule has 0 saturated carbocycles. The Hall–Kier alpha value is -2.16. The molecular weight excluding hydrogens is 210 g/mol. The Morgan fingerprint density at radius 3 is 2.71 bits per heavy atom. The predicted octanol–water partition coefficient (Wildman–Crippen LogP) is 3.04. The summed E-state index contributed by atoms with van der Waals surface area (Å²) in [7, 11) is 0. The second-order valence-electron chi connectivity index (χ2n) is 3.78. The molecule has 0 aliphatic rings. The van der Waals surface area contributed by atoms with Crippen LogP contribution in [0.3, 0.4) is 0 Å². The van der Waals surface area contributed by atoms with Crippen molar-refractivity contribution < 1.29 is 0 Å². The normalized spacial score (nSPS) is 9.94. The summed E-state index contributed by atoms with van der Waals surface area (Å²) >= 11 is 0. The average molecular weight is 225 g/mol. The van der Waals surface area contributed by atoms with Crippen LogP contribution < -0.4 is 5.32 Å². The van der Waals surface area contributed by atoms with Gasteiger partial charge in [0.05, 0.1) is 5.69 Å². The first-order valence-electron chi connectivity index (χ1n) is 5.53. The molecule has 0 aliphatic heterocycles. The fourth-order valence-electron chi connectivity index (χ4n) is 1.63. The van der Waals surface area contributed by atoms with Gasteiger partial charge in [-0.1, -0.05) is 36.9 Å². The van der Waals surface area contributed by atoms with Gasteiger partial charge >= 0.3 is 0 Å². The van der Waals surface area contributed by atoms with E-state index in [4.69, 9.17) is 0 Å². The Labute approximate surface area is 101 Å². The van der Waals surface area contributed by atoms with Gasteiger partial charge in [0.25, 0.3) is 0 Å². The third-order valence-electron chi connectivity index (χ3n) is 2.62. The molecule has 0 saturated heterocycles. The van der Waals surface area contributed by atoms with E-state index in [1.807, 2.05) is 25.1 Å². The van der Waals surface area contributed by atoms with Gasteiger partial charge in [-0.3, -0.25) is 0 Å². The van der Waals surface area contributed by atoms with Crippen LogP contribution in [0.15, 0.2) is 43.2 Å². The highest BCUT2D eigenvalue weighted by molar-refractivity contribution is 5.55. The van der Waals surface area contributed by atoms with Crippen molar-refractivity contribution in [1.82, 2.24) is 9.97 Å². The van der Waals surface area contributed by atoms with Crippen molar-refractivity contribution in [3.8, 4) is 0 Å². The Morgan fingerprint density at radius 2 is 2.00 bits per heavy atom. The second-order valence-corrected chi connectivity index (χ2v) is 3.78. The molecule has 3 heteroatoms. The van der Waals surface area contributed by atoms with Crippen LogP contribution >= 0.6 is 0 Å². The molecule has 2 rings (SSSR count). The lowest BCUT2D eigenvalue weighted by molar-refractivity contribution is 1.05. The van der Waals surface area contributed by atoms with E-state index in [1.165, 1.54) is 5.56 Å². The molecule has 0 bridgehead atoms. The number of nitrogens with zero attached hydrogens (tertiary/aromatic N) is 2. The summed E-state index contributed by atoms with van der Waals surface area (Å²) < 4.78 is 0. The summed E-state index contributed by atoms with van der Waals surface area (Å²) in [6.07, 6.45) is 3.29. The van der Waals surface area contributed by atoms with Crippen molar-refractivity contribution in [2.75, 3.05) is 5.32 Å². The summed E-state index contributed by atoms with van der Waals surface area (Å²) in [6, 6.07) is 10.2. The van der Waals surface area contributed by atoms with E-state index >= 15 is 0 Å². The minimum absolute atomic E-state index is 0.759. The summed E-state index contributed by atoms with van der Waals surface area (Å²) in [5.41, 5.74) is 3.12. The third kappa shape index (κ3) is 2.69. The number of rotatable bonds is 4. The topological polar surface area (TPSA) is 37.8 Å². The first-order chi connectivity index (χ1) is 8.31. The molecule has 86 valence electrons. The summed E-state index contributed by atoms with van der Waals surface area (Å²) in [6.45, 7) is 6.48. The number of benzene rings is 1. The molecule has 1 aromatic heterocycles. The molecule has 0 spiro atoms. The number of anilines is 1. The lowest BCUT2D eigenvalue weighted by atomic mass is 10.2. The minimum atomic E-state index is 0.759. The molecule has 1 heterocycles. The fourth-order valence-corrected chi connectivity index (χ4v) is 1.63. The van der Waals surface area contributed by atoms with Crippen molar-refractivity contribution in [2.45, 2.75) is 13.5 Å². The van der Waals surface area contributed by atoms with Crippen LogP contribution in [0.2, 0.25) is 0 Å². The average Bonchev–Trinajstić information content (AvgIpc) is 2.39. The van der Waals surface area contributed by atoms with E-state index in [0.717, 1.165) is 23.6 Å². The van der Waals surface area contributed by atoms with Gasteiger partial charge in [-0.25, -0.2) is 9.97 Å². The first-order valence-corrected chi connectivity index (χ1v) is 5.53. The molecule has 0 radical (unpaired) electrons. The van der Waals surface area contributed by atoms with Gasteiger partial charge in [-0.15, -0.1) is 0 Å². The van der Waals surface area contributed by atoms with E-state index in [2.05, 4.69) is 34.0 Å². The molecule has 1 aromatic carbocycles. The van der Waals surface area contributed by atoms with Gasteiger partial charge in [-0.05, 0) is 18.6 Å². The van der Waals surface area contributed by atoms with E-state index in [1.54, 1.807) is 12.4 Å². The van der Waals surface area contributed by atoms with Crippen molar-refractivity contribution in [3.63, 3.8) is 0 Å². The highest BCUT2D eigenvalue weighted by Gasteiger charge is 2.03. The zero-order valence-electron chi connectivity index (χ0n) is 9.85. The molecule has 2 aromatic rings. The molecule has 0 unspecified atom stereocenters. The highest BCUT2D eigenvalue weighted by atomic mass is 15.0. The molecule has 0 amide bonds. The van der Waals surface area contributed by atoms with Gasteiger partial charge in [0.2, 0.25) is 0 Å². The maximum absolute atomic E-state index is 4.23. The van der Waals surface area contributed by atoms with Gasteiger partial charge in [-0.2, -0.15) is 0 Å². The number of aromatic nitrogens is 2. The van der Waals surface area contributed by atoms with Gasteiger partial charge < -0.3 is 5.32 Å². The van der Waals surface area contributed by atoms with E-state index < -0.39 is 0 Å². The van der Waals surface area contributed by atoms with E-state index in [9.17, 15) is 0 Å². The predicted molar refractivity (Wildman–Crippen MR) is 70.6 cm³/mol. The maximum Gasteiger partial charge on any atom is 0.133 e. The first kappa shape index (κ1) is 11.3. The van der Waals surface area contributed by atoms with E-state index in [0.29, 0.717) is 0 Å². The highest BCUT2D eigenvalue weighted by Crippen LogP contribution is 2.15. The van der Waals surface area contributed by atoms with Crippen LogP contribution in [-0.4, -0.2) is 9.97 Å². The minimum Gasteiger partial charge on any atom is -0.366 e. The second kappa shape index (κ2) is 5.25. The zero-order chi connectivity index (χ0) is 12.1. The third-order valence-corrected chi connectivity index (χ3v) is 2.62. The summed E-state index contributed by atoms with van der Waals surface area (Å²) in [4.78, 5) is 8.38. The lowest BCUT2D eigenvalue weighted by Crippen LogP contribution is -2.04. The number of hydrogen-bond acceptors (Lipinski definition) is 3. The van der Waals surface area contributed by atoms with Gasteiger partial charge in [0, 0.05) is 12.1 Å². The van der Waals surface area contributed by atoms with Gasteiger partial charge in [0.1, 0.15) is 12.1 Å². The largest absolute Gasteiger partial charge is 0.366 e. The van der Waals surface area contributed by atoms with Crippen molar-refractivity contribution >= 4 is 11.9 Å². The Morgan fingerprint density at radius 1 is 1.24 bits per heavy atom. The molecule has 3 nitrogen and oxygen atoms in total. The summed E-state index contributed by atoms with van der Waals surface area (Å²) in [5, 5.41) is 3.31. The fraction of sp³-hybridized carbons (Fsp3) is 0.143. The quantitative estimate of drug-likeness (QED) is 0.869. The monoisotopic (exact) mass is 225 g/mol. The molecule has 0 atom stereocenters. The van der Waals surface area contributed by atoms with Crippen molar-refractivity contribution in [2.24, 2.45) is 0 Å². The van der Waals surface area contributed by atoms with Crippen LogP contribution in [0.1, 0.15) is 16.8 Å². The summed E-state index contributed by atoms with van der Waals surface area (Å²) in [5.74, 6) is 0.860. The molecule has 1 N–H and O–H groups in total. The Balaban J connectivity index is 2.12. The SMILES string of the molecule is C=Cc1ncnc(NCc2ccccc2)c1C. The van der Waals surface area contributed by atoms with Crippen LogP contribution in [-0.2, 0) is 6.54 Å². The van der Waals surface area contributed by atoms with Crippen LogP contribution in [0.5, 0.6) is 0 Å². The molecule has 17 heavy (non-hydrogen) atoms.